The first-order chi connectivity index (χ1) is 13.3. The summed E-state index contributed by atoms with van der Waals surface area (Å²) in [7, 11) is 0. The van der Waals surface area contributed by atoms with Crippen LogP contribution in [0.2, 0.25) is 0 Å². The van der Waals surface area contributed by atoms with Gasteiger partial charge in [-0.2, -0.15) is 0 Å². The van der Waals surface area contributed by atoms with E-state index < -0.39 is 23.8 Å². The number of carbonyl (C=O) groups excluding carboxylic acids is 2. The summed E-state index contributed by atoms with van der Waals surface area (Å²) >= 11 is 0. The lowest BCUT2D eigenvalue weighted by Crippen LogP contribution is -2.15. The van der Waals surface area contributed by atoms with E-state index in [4.69, 9.17) is 9.47 Å². The van der Waals surface area contributed by atoms with Gasteiger partial charge in [-0.05, 0) is 48.4 Å². The summed E-state index contributed by atoms with van der Waals surface area (Å²) in [5.41, 5.74) is 0.740. The normalized spacial score (nSPS) is 11.9. The Labute approximate surface area is 160 Å². The second-order valence-corrected chi connectivity index (χ2v) is 5.76. The summed E-state index contributed by atoms with van der Waals surface area (Å²) in [5.74, 6) is -2.78. The van der Waals surface area contributed by atoms with Crippen LogP contribution in [0.5, 0.6) is 23.0 Å². The molecule has 0 bridgehead atoms. The maximum absolute atomic E-state index is 12.2. The molecule has 2 rings (SSSR count). The molecule has 8 heteroatoms. The van der Waals surface area contributed by atoms with Crippen LogP contribution in [0.3, 0.4) is 0 Å². The van der Waals surface area contributed by atoms with Crippen molar-refractivity contribution in [3.05, 3.63) is 53.6 Å². The van der Waals surface area contributed by atoms with Gasteiger partial charge in [-0.1, -0.05) is 12.1 Å². The number of phenolic OH excluding ortho intramolecular Hbond substituents is 4. The van der Waals surface area contributed by atoms with Crippen LogP contribution < -0.4 is 0 Å². The van der Waals surface area contributed by atoms with Gasteiger partial charge in [0.05, 0.1) is 13.0 Å². The van der Waals surface area contributed by atoms with Gasteiger partial charge in [0.2, 0.25) is 0 Å². The van der Waals surface area contributed by atoms with Gasteiger partial charge in [0.25, 0.3) is 0 Å². The van der Waals surface area contributed by atoms with E-state index in [2.05, 4.69) is 0 Å². The molecule has 0 radical (unpaired) electrons. The monoisotopic (exact) mass is 388 g/mol. The molecule has 28 heavy (non-hydrogen) atoms. The third kappa shape index (κ3) is 5.66. The van der Waals surface area contributed by atoms with Gasteiger partial charge in [0.15, 0.2) is 23.0 Å². The van der Waals surface area contributed by atoms with Crippen molar-refractivity contribution in [2.45, 2.75) is 19.4 Å². The summed E-state index contributed by atoms with van der Waals surface area (Å²) in [6.07, 6.45) is 1.12. The Morgan fingerprint density at radius 3 is 2.21 bits per heavy atom. The van der Waals surface area contributed by atoms with Crippen molar-refractivity contribution in [2.75, 3.05) is 6.61 Å². The fourth-order valence-corrected chi connectivity index (χ4v) is 2.33. The predicted octanol–water partition coefficient (Wildman–Crippen LogP) is 2.76. The minimum atomic E-state index is -1.05. The standard InChI is InChI=1S/C20H20O8/c1-2-27-20(26)11-18(13-5-7-15(22)17(24)10-13)28-19(25)8-4-12-3-6-14(21)16(23)9-12/h3-10,18,21-24H,2,11H2,1H3/b8-4+/t18-/m1/s1. The summed E-state index contributed by atoms with van der Waals surface area (Å²) in [6, 6.07) is 7.82. The summed E-state index contributed by atoms with van der Waals surface area (Å²) in [4.78, 5) is 24.0. The van der Waals surface area contributed by atoms with Gasteiger partial charge < -0.3 is 29.9 Å². The minimum absolute atomic E-state index is 0.157. The lowest BCUT2D eigenvalue weighted by atomic mass is 10.1. The molecule has 148 valence electrons. The highest BCUT2D eigenvalue weighted by molar-refractivity contribution is 5.87. The molecule has 0 heterocycles. The van der Waals surface area contributed by atoms with Crippen LogP contribution in [-0.2, 0) is 19.1 Å². The van der Waals surface area contributed by atoms with Crippen LogP contribution in [0.25, 0.3) is 6.08 Å². The maximum atomic E-state index is 12.2. The number of hydrogen-bond donors (Lipinski definition) is 4. The van der Waals surface area contributed by atoms with Gasteiger partial charge in [0, 0.05) is 6.08 Å². The molecular formula is C20H20O8. The zero-order valence-electron chi connectivity index (χ0n) is 15.0. The summed E-state index contributed by atoms with van der Waals surface area (Å²) in [6.45, 7) is 1.80. The van der Waals surface area contributed by atoms with E-state index >= 15 is 0 Å². The molecule has 0 aliphatic rings. The molecule has 2 aromatic rings. The Bertz CT molecular complexity index is 888. The van der Waals surface area contributed by atoms with Crippen molar-refractivity contribution < 1.29 is 39.5 Å². The third-order valence-corrected chi connectivity index (χ3v) is 3.70. The summed E-state index contributed by atoms with van der Waals surface area (Å²) in [5, 5.41) is 37.8. The second kappa shape index (κ2) is 9.31. The number of phenols is 4. The number of rotatable bonds is 7. The number of hydrogen-bond acceptors (Lipinski definition) is 8. The SMILES string of the molecule is CCOC(=O)C[C@@H](OC(=O)/C=C/c1ccc(O)c(O)c1)c1ccc(O)c(O)c1. The van der Waals surface area contributed by atoms with Crippen LogP contribution >= 0.6 is 0 Å². The van der Waals surface area contributed by atoms with E-state index in [0.29, 0.717) is 11.1 Å². The van der Waals surface area contributed by atoms with Crippen LogP contribution in [0.15, 0.2) is 42.5 Å². The predicted molar refractivity (Wildman–Crippen MR) is 98.7 cm³/mol. The van der Waals surface area contributed by atoms with Crippen LogP contribution in [0.1, 0.15) is 30.6 Å². The first-order valence-corrected chi connectivity index (χ1v) is 8.38. The number of ether oxygens (including phenoxy) is 2. The van der Waals surface area contributed by atoms with Crippen molar-refractivity contribution in [3.8, 4) is 23.0 Å². The van der Waals surface area contributed by atoms with E-state index in [9.17, 15) is 30.0 Å². The molecule has 0 saturated heterocycles. The average Bonchev–Trinajstić information content (AvgIpc) is 2.64. The Balaban J connectivity index is 2.16. The van der Waals surface area contributed by atoms with Gasteiger partial charge in [0.1, 0.15) is 6.10 Å². The van der Waals surface area contributed by atoms with Crippen molar-refractivity contribution in [2.24, 2.45) is 0 Å². The van der Waals surface area contributed by atoms with E-state index in [1.54, 1.807) is 6.92 Å². The molecule has 0 aromatic heterocycles. The Morgan fingerprint density at radius 1 is 0.964 bits per heavy atom. The zero-order chi connectivity index (χ0) is 20.7. The fourth-order valence-electron chi connectivity index (χ4n) is 2.33. The third-order valence-electron chi connectivity index (χ3n) is 3.70. The fraction of sp³-hybridized carbons (Fsp3) is 0.200. The van der Waals surface area contributed by atoms with Crippen LogP contribution in [-0.4, -0.2) is 39.0 Å². The molecule has 0 unspecified atom stereocenters. The van der Waals surface area contributed by atoms with Gasteiger partial charge >= 0.3 is 11.9 Å². The highest BCUT2D eigenvalue weighted by Crippen LogP contribution is 2.31. The molecule has 2 aromatic carbocycles. The Hall–Kier alpha value is -3.68. The molecule has 0 aliphatic carbocycles. The van der Waals surface area contributed by atoms with Crippen LogP contribution in [0, 0.1) is 0 Å². The Morgan fingerprint density at radius 2 is 1.61 bits per heavy atom. The second-order valence-electron chi connectivity index (χ2n) is 5.76. The molecule has 1 atom stereocenters. The van der Waals surface area contributed by atoms with Crippen molar-refractivity contribution >= 4 is 18.0 Å². The highest BCUT2D eigenvalue weighted by atomic mass is 16.6. The van der Waals surface area contributed by atoms with Crippen molar-refractivity contribution in [1.82, 2.24) is 0 Å². The largest absolute Gasteiger partial charge is 0.504 e. The van der Waals surface area contributed by atoms with Gasteiger partial charge in [-0.15, -0.1) is 0 Å². The first kappa shape index (κ1) is 20.6. The molecule has 0 fully saturated rings. The first-order valence-electron chi connectivity index (χ1n) is 8.38. The average molecular weight is 388 g/mol. The minimum Gasteiger partial charge on any atom is -0.504 e. The quantitative estimate of drug-likeness (QED) is 0.323. The molecule has 8 nitrogen and oxygen atoms in total. The van der Waals surface area contributed by atoms with E-state index in [1.807, 2.05) is 0 Å². The summed E-state index contributed by atoms with van der Waals surface area (Å²) < 4.78 is 10.2. The molecule has 0 saturated carbocycles. The topological polar surface area (TPSA) is 134 Å². The molecule has 0 aliphatic heterocycles. The number of aromatic hydroxyl groups is 4. The van der Waals surface area contributed by atoms with E-state index in [-0.39, 0.29) is 30.3 Å². The van der Waals surface area contributed by atoms with E-state index in [0.717, 1.165) is 6.08 Å². The molecule has 4 N–H and O–H groups in total. The highest BCUT2D eigenvalue weighted by Gasteiger charge is 2.21. The lowest BCUT2D eigenvalue weighted by Gasteiger charge is -2.17. The smallest absolute Gasteiger partial charge is 0.331 e. The zero-order valence-corrected chi connectivity index (χ0v) is 15.0. The maximum Gasteiger partial charge on any atom is 0.331 e. The lowest BCUT2D eigenvalue weighted by molar-refractivity contribution is -0.151. The number of carbonyl (C=O) groups is 2. The van der Waals surface area contributed by atoms with Crippen molar-refractivity contribution in [3.63, 3.8) is 0 Å². The van der Waals surface area contributed by atoms with Crippen molar-refractivity contribution in [1.29, 1.82) is 0 Å². The Kier molecular flexibility index (Phi) is 6.86. The van der Waals surface area contributed by atoms with E-state index in [1.165, 1.54) is 42.5 Å². The number of benzene rings is 2. The number of esters is 2. The molecular weight excluding hydrogens is 368 g/mol. The van der Waals surface area contributed by atoms with Gasteiger partial charge in [-0.3, -0.25) is 4.79 Å². The molecule has 0 spiro atoms. The van der Waals surface area contributed by atoms with Gasteiger partial charge in [-0.25, -0.2) is 4.79 Å². The van der Waals surface area contributed by atoms with Crippen LogP contribution in [0.4, 0.5) is 0 Å². The molecule has 0 amide bonds.